The highest BCUT2D eigenvalue weighted by molar-refractivity contribution is 5.68. The third kappa shape index (κ3) is 7.16. The predicted molar refractivity (Wildman–Crippen MR) is 56.5 cm³/mol. The van der Waals surface area contributed by atoms with Crippen LogP contribution < -0.4 is 5.32 Å². The van der Waals surface area contributed by atoms with Gasteiger partial charge >= 0.3 is 6.09 Å². The quantitative estimate of drug-likeness (QED) is 0.698. The zero-order valence-electron chi connectivity index (χ0n) is 10.0. The summed E-state index contributed by atoms with van der Waals surface area (Å²) in [6, 6.07) is -0.500. The number of alkyl carbamates (subject to hydrolysis) is 1. The van der Waals surface area contributed by atoms with Crippen LogP contribution in [0.2, 0.25) is 0 Å². The minimum atomic E-state index is -1.01. The third-order valence-electron chi connectivity index (χ3n) is 1.51. The van der Waals surface area contributed by atoms with Gasteiger partial charge in [-0.2, -0.15) is 0 Å². The number of aliphatic hydroxyl groups is 1. The van der Waals surface area contributed by atoms with E-state index in [0.717, 1.165) is 0 Å². The van der Waals surface area contributed by atoms with Gasteiger partial charge in [-0.15, -0.1) is 0 Å². The van der Waals surface area contributed by atoms with E-state index >= 15 is 0 Å². The molecule has 15 heavy (non-hydrogen) atoms. The number of hydrogen-bond donors (Lipinski definition) is 2. The molecule has 0 rings (SSSR count). The average molecular weight is 219 g/mol. The third-order valence-corrected chi connectivity index (χ3v) is 1.51. The van der Waals surface area contributed by atoms with E-state index in [9.17, 15) is 9.90 Å². The van der Waals surface area contributed by atoms with Crippen LogP contribution in [-0.4, -0.2) is 35.7 Å². The minimum absolute atomic E-state index is 0.390. The Bertz CT molecular complexity index is 200. The smallest absolute Gasteiger partial charge is 0.408 e. The molecule has 0 aliphatic rings. The van der Waals surface area contributed by atoms with Gasteiger partial charge in [0.25, 0.3) is 0 Å². The van der Waals surface area contributed by atoms with Crippen molar-refractivity contribution in [3.05, 3.63) is 0 Å². The Hall–Kier alpha value is -0.810. The van der Waals surface area contributed by atoms with Gasteiger partial charge in [0.05, 0.1) is 6.04 Å². The van der Waals surface area contributed by atoms with Gasteiger partial charge in [-0.3, -0.25) is 0 Å². The van der Waals surface area contributed by atoms with Gasteiger partial charge in [-0.1, -0.05) is 0 Å². The van der Waals surface area contributed by atoms with E-state index in [1.165, 1.54) is 0 Å². The molecule has 90 valence electrons. The number of hydrogen-bond acceptors (Lipinski definition) is 4. The maximum absolute atomic E-state index is 11.3. The summed E-state index contributed by atoms with van der Waals surface area (Å²) in [4.78, 5) is 11.3. The summed E-state index contributed by atoms with van der Waals surface area (Å²) in [7, 11) is 0. The van der Waals surface area contributed by atoms with Crippen molar-refractivity contribution < 1.29 is 19.4 Å². The fraction of sp³-hybridized carbons (Fsp3) is 0.900. The number of aliphatic hydroxyl groups excluding tert-OH is 1. The highest BCUT2D eigenvalue weighted by Crippen LogP contribution is 2.07. The molecular weight excluding hydrogens is 198 g/mol. The lowest BCUT2D eigenvalue weighted by Gasteiger charge is -2.24. The van der Waals surface area contributed by atoms with Gasteiger partial charge < -0.3 is 19.9 Å². The Labute approximate surface area is 90.8 Å². The number of amides is 1. The molecule has 0 radical (unpaired) electrons. The van der Waals surface area contributed by atoms with Crippen molar-refractivity contribution in [2.24, 2.45) is 0 Å². The van der Waals surface area contributed by atoms with Crippen LogP contribution in [0.1, 0.15) is 34.6 Å². The summed E-state index contributed by atoms with van der Waals surface area (Å²) in [5, 5.41) is 11.9. The molecule has 2 unspecified atom stereocenters. The summed E-state index contributed by atoms with van der Waals surface area (Å²) in [6.07, 6.45) is -1.57. The highest BCUT2D eigenvalue weighted by atomic mass is 16.6. The van der Waals surface area contributed by atoms with Gasteiger partial charge in [0.15, 0.2) is 6.29 Å². The second kappa shape index (κ2) is 5.92. The van der Waals surface area contributed by atoms with Gasteiger partial charge in [0, 0.05) is 6.61 Å². The fourth-order valence-corrected chi connectivity index (χ4v) is 0.880. The van der Waals surface area contributed by atoms with Crippen molar-refractivity contribution in [3.63, 3.8) is 0 Å². The molecule has 0 bridgehead atoms. The van der Waals surface area contributed by atoms with Gasteiger partial charge in [-0.05, 0) is 34.6 Å². The first-order valence-corrected chi connectivity index (χ1v) is 5.05. The van der Waals surface area contributed by atoms with Crippen molar-refractivity contribution in [2.75, 3.05) is 6.61 Å². The fourth-order valence-electron chi connectivity index (χ4n) is 0.880. The molecule has 2 atom stereocenters. The molecule has 5 nitrogen and oxygen atoms in total. The molecule has 0 aliphatic carbocycles. The molecule has 2 N–H and O–H groups in total. The van der Waals surface area contributed by atoms with Crippen LogP contribution in [-0.2, 0) is 9.47 Å². The summed E-state index contributed by atoms with van der Waals surface area (Å²) >= 11 is 0. The second-order valence-electron chi connectivity index (χ2n) is 4.28. The Kier molecular flexibility index (Phi) is 5.60. The Morgan fingerprint density at radius 2 is 2.00 bits per heavy atom. The maximum Gasteiger partial charge on any atom is 0.408 e. The summed E-state index contributed by atoms with van der Waals surface area (Å²) in [5.41, 5.74) is -0.541. The zero-order chi connectivity index (χ0) is 12.1. The Morgan fingerprint density at radius 3 is 2.40 bits per heavy atom. The van der Waals surface area contributed by atoms with Crippen LogP contribution in [0.4, 0.5) is 4.79 Å². The Balaban J connectivity index is 3.96. The number of carbonyl (C=O) groups is 1. The van der Waals surface area contributed by atoms with E-state index in [1.807, 2.05) is 0 Å². The zero-order valence-corrected chi connectivity index (χ0v) is 10.0. The van der Waals surface area contributed by atoms with E-state index in [1.54, 1.807) is 34.6 Å². The topological polar surface area (TPSA) is 67.8 Å². The molecule has 0 aromatic rings. The standard InChI is InChI=1S/C10H21NO4/c1-6-14-8(12)7(2)11-9(13)15-10(3,4)5/h7-8,12H,6H2,1-5H3,(H,11,13). The average Bonchev–Trinajstić information content (AvgIpc) is 2.00. The van der Waals surface area contributed by atoms with Gasteiger partial charge in [-0.25, -0.2) is 4.79 Å². The lowest BCUT2D eigenvalue weighted by molar-refractivity contribution is -0.112. The molecule has 0 spiro atoms. The molecular formula is C10H21NO4. The van der Waals surface area contributed by atoms with Gasteiger partial charge in [0.1, 0.15) is 5.60 Å². The van der Waals surface area contributed by atoms with Crippen LogP contribution >= 0.6 is 0 Å². The predicted octanol–water partition coefficient (Wildman–Crippen LogP) is 1.25. The van der Waals surface area contributed by atoms with Crippen LogP contribution in [0.15, 0.2) is 0 Å². The molecule has 0 saturated heterocycles. The lowest BCUT2D eigenvalue weighted by atomic mass is 10.2. The maximum atomic E-state index is 11.3. The van der Waals surface area contributed by atoms with E-state index in [-0.39, 0.29) is 0 Å². The molecule has 0 aromatic heterocycles. The summed E-state index contributed by atoms with van der Waals surface area (Å²) in [5.74, 6) is 0. The number of rotatable bonds is 4. The van der Waals surface area contributed by atoms with Crippen molar-refractivity contribution in [3.8, 4) is 0 Å². The number of nitrogens with one attached hydrogen (secondary N) is 1. The second-order valence-corrected chi connectivity index (χ2v) is 4.28. The molecule has 0 heterocycles. The van der Waals surface area contributed by atoms with E-state index in [0.29, 0.717) is 6.61 Å². The van der Waals surface area contributed by atoms with E-state index in [4.69, 9.17) is 9.47 Å². The van der Waals surface area contributed by atoms with Crippen LogP contribution in [0.5, 0.6) is 0 Å². The minimum Gasteiger partial charge on any atom is -0.444 e. The van der Waals surface area contributed by atoms with Crippen molar-refractivity contribution in [2.45, 2.75) is 52.6 Å². The van der Waals surface area contributed by atoms with Crippen LogP contribution in [0.25, 0.3) is 0 Å². The lowest BCUT2D eigenvalue weighted by Crippen LogP contribution is -2.44. The van der Waals surface area contributed by atoms with Gasteiger partial charge in [0.2, 0.25) is 0 Å². The number of ether oxygens (including phenoxy) is 2. The first-order chi connectivity index (χ1) is 6.76. The summed E-state index contributed by atoms with van der Waals surface area (Å²) in [6.45, 7) is 9.12. The van der Waals surface area contributed by atoms with Crippen molar-refractivity contribution in [1.29, 1.82) is 0 Å². The van der Waals surface area contributed by atoms with Crippen LogP contribution in [0.3, 0.4) is 0 Å². The SMILES string of the molecule is CCOC(O)C(C)NC(=O)OC(C)(C)C. The van der Waals surface area contributed by atoms with E-state index < -0.39 is 24.0 Å². The van der Waals surface area contributed by atoms with E-state index in [2.05, 4.69) is 5.32 Å². The first-order valence-electron chi connectivity index (χ1n) is 5.05. The monoisotopic (exact) mass is 219 g/mol. The first kappa shape index (κ1) is 14.2. The molecule has 1 amide bonds. The van der Waals surface area contributed by atoms with Crippen LogP contribution in [0, 0.1) is 0 Å². The largest absolute Gasteiger partial charge is 0.444 e. The number of carbonyl (C=O) groups excluding carboxylic acids is 1. The van der Waals surface area contributed by atoms with Crippen molar-refractivity contribution in [1.82, 2.24) is 5.32 Å². The molecule has 0 fully saturated rings. The highest BCUT2D eigenvalue weighted by Gasteiger charge is 2.21. The summed E-state index contributed by atoms with van der Waals surface area (Å²) < 4.78 is 9.94. The normalized spacial score (nSPS) is 15.6. The molecule has 0 aromatic carbocycles. The molecule has 0 aliphatic heterocycles. The molecule has 0 saturated carbocycles. The van der Waals surface area contributed by atoms with Crippen molar-refractivity contribution >= 4 is 6.09 Å². The molecule has 5 heteroatoms. The Morgan fingerprint density at radius 1 is 1.47 bits per heavy atom.